The van der Waals surface area contributed by atoms with Gasteiger partial charge >= 0.3 is 0 Å². The number of hydrogen-bond donors (Lipinski definition) is 2. The minimum Gasteiger partial charge on any atom is -0.350 e. The number of hydrogen-bond acceptors (Lipinski definition) is 2. The van der Waals surface area contributed by atoms with E-state index in [1.165, 1.54) is 12.8 Å². The molecule has 0 spiro atoms. The van der Waals surface area contributed by atoms with Crippen LogP contribution in [0, 0.1) is 0 Å². The fourth-order valence-corrected chi connectivity index (χ4v) is 1.34. The van der Waals surface area contributed by atoms with Crippen LogP contribution in [0.25, 0.3) is 0 Å². The predicted octanol–water partition coefficient (Wildman–Crippen LogP) is 2.07. The minimum absolute atomic E-state index is 0.0749. The Labute approximate surface area is 94.0 Å². The molecule has 0 saturated carbocycles. The molecule has 0 aliphatic heterocycles. The number of unbranched alkanes of at least 4 members (excludes halogenated alkanes) is 1. The zero-order valence-corrected chi connectivity index (χ0v) is 10.8. The van der Waals surface area contributed by atoms with Crippen molar-refractivity contribution in [1.29, 1.82) is 0 Å². The lowest BCUT2D eigenvalue weighted by molar-refractivity contribution is -0.121. The molecule has 0 bridgehead atoms. The van der Waals surface area contributed by atoms with Gasteiger partial charge in [0.05, 0.1) is 6.54 Å². The van der Waals surface area contributed by atoms with E-state index in [9.17, 15) is 4.79 Å². The Morgan fingerprint density at radius 3 is 2.40 bits per heavy atom. The molecular weight excluding hydrogens is 188 g/mol. The highest BCUT2D eigenvalue weighted by atomic mass is 16.2. The molecule has 1 amide bonds. The van der Waals surface area contributed by atoms with Crippen LogP contribution in [0.4, 0.5) is 0 Å². The predicted molar refractivity (Wildman–Crippen MR) is 64.9 cm³/mol. The van der Waals surface area contributed by atoms with Crippen LogP contribution in [0.15, 0.2) is 0 Å². The monoisotopic (exact) mass is 214 g/mol. The Hall–Kier alpha value is -0.570. The van der Waals surface area contributed by atoms with E-state index in [0.717, 1.165) is 6.42 Å². The van der Waals surface area contributed by atoms with Gasteiger partial charge in [-0.2, -0.15) is 0 Å². The van der Waals surface area contributed by atoms with Gasteiger partial charge in [-0.15, -0.1) is 0 Å². The number of carbonyl (C=O) groups is 1. The lowest BCUT2D eigenvalue weighted by Gasteiger charge is -2.21. The van der Waals surface area contributed by atoms with E-state index in [0.29, 0.717) is 12.6 Å². The molecule has 0 aliphatic rings. The van der Waals surface area contributed by atoms with E-state index < -0.39 is 0 Å². The van der Waals surface area contributed by atoms with Crippen LogP contribution in [-0.2, 0) is 4.79 Å². The summed E-state index contributed by atoms with van der Waals surface area (Å²) in [7, 11) is 0. The summed E-state index contributed by atoms with van der Waals surface area (Å²) >= 11 is 0. The minimum atomic E-state index is -0.134. The fourth-order valence-electron chi connectivity index (χ4n) is 1.34. The van der Waals surface area contributed by atoms with Crippen molar-refractivity contribution in [3.63, 3.8) is 0 Å². The van der Waals surface area contributed by atoms with Crippen LogP contribution in [0.1, 0.15) is 53.9 Å². The Kier molecular flexibility index (Phi) is 6.57. The first-order valence-corrected chi connectivity index (χ1v) is 5.89. The first-order valence-electron chi connectivity index (χ1n) is 5.89. The molecule has 90 valence electrons. The molecule has 1 unspecified atom stereocenters. The van der Waals surface area contributed by atoms with Crippen LogP contribution in [0.5, 0.6) is 0 Å². The van der Waals surface area contributed by atoms with Crippen molar-refractivity contribution in [3.8, 4) is 0 Å². The molecule has 0 aliphatic carbocycles. The van der Waals surface area contributed by atoms with Gasteiger partial charge in [0.25, 0.3) is 0 Å². The molecule has 0 aromatic heterocycles. The third-order valence-electron chi connectivity index (χ3n) is 2.12. The summed E-state index contributed by atoms with van der Waals surface area (Å²) in [5, 5.41) is 6.16. The van der Waals surface area contributed by atoms with Gasteiger partial charge in [0, 0.05) is 11.6 Å². The number of carbonyl (C=O) groups excluding carboxylic acids is 1. The van der Waals surface area contributed by atoms with Crippen LogP contribution < -0.4 is 10.6 Å². The maximum atomic E-state index is 11.5. The van der Waals surface area contributed by atoms with E-state index >= 15 is 0 Å². The Morgan fingerprint density at radius 2 is 1.93 bits per heavy atom. The maximum absolute atomic E-state index is 11.5. The zero-order chi connectivity index (χ0) is 11.9. The van der Waals surface area contributed by atoms with Crippen molar-refractivity contribution < 1.29 is 4.79 Å². The normalized spacial score (nSPS) is 13.7. The maximum Gasteiger partial charge on any atom is 0.234 e. The lowest BCUT2D eigenvalue weighted by atomic mass is 10.1. The van der Waals surface area contributed by atoms with Crippen LogP contribution in [0.3, 0.4) is 0 Å². The zero-order valence-electron chi connectivity index (χ0n) is 10.8. The van der Waals surface area contributed by atoms with Gasteiger partial charge in [-0.3, -0.25) is 4.79 Å². The quantitative estimate of drug-likeness (QED) is 0.710. The van der Waals surface area contributed by atoms with E-state index in [1.54, 1.807) is 0 Å². The van der Waals surface area contributed by atoms with Crippen molar-refractivity contribution in [2.45, 2.75) is 65.5 Å². The Bertz CT molecular complexity index is 185. The summed E-state index contributed by atoms with van der Waals surface area (Å²) in [4.78, 5) is 11.5. The molecule has 2 N–H and O–H groups in total. The van der Waals surface area contributed by atoms with Crippen LogP contribution in [0.2, 0.25) is 0 Å². The molecular formula is C12H26N2O. The summed E-state index contributed by atoms with van der Waals surface area (Å²) < 4.78 is 0. The summed E-state index contributed by atoms with van der Waals surface area (Å²) in [6.45, 7) is 10.7. The molecule has 0 aromatic rings. The number of rotatable bonds is 6. The summed E-state index contributed by atoms with van der Waals surface area (Å²) in [5.41, 5.74) is -0.134. The summed E-state index contributed by atoms with van der Waals surface area (Å²) in [5.74, 6) is 0.0749. The average molecular weight is 214 g/mol. The molecule has 3 nitrogen and oxygen atoms in total. The van der Waals surface area contributed by atoms with E-state index in [2.05, 4.69) is 24.5 Å². The highest BCUT2D eigenvalue weighted by molar-refractivity contribution is 5.78. The third kappa shape index (κ3) is 9.73. The smallest absolute Gasteiger partial charge is 0.234 e. The molecule has 0 heterocycles. The van der Waals surface area contributed by atoms with Crippen molar-refractivity contribution in [1.82, 2.24) is 10.6 Å². The second-order valence-corrected chi connectivity index (χ2v) is 5.22. The van der Waals surface area contributed by atoms with Crippen LogP contribution >= 0.6 is 0 Å². The second-order valence-electron chi connectivity index (χ2n) is 5.22. The topological polar surface area (TPSA) is 41.1 Å². The second kappa shape index (κ2) is 6.83. The van der Waals surface area contributed by atoms with Gasteiger partial charge in [-0.25, -0.2) is 0 Å². The lowest BCUT2D eigenvalue weighted by Crippen LogP contribution is -2.46. The van der Waals surface area contributed by atoms with Gasteiger partial charge < -0.3 is 10.6 Å². The SMILES string of the molecule is CCCCC(C)NCC(=O)NC(C)(C)C. The van der Waals surface area contributed by atoms with Gasteiger partial charge in [-0.1, -0.05) is 19.8 Å². The van der Waals surface area contributed by atoms with Gasteiger partial charge in [0.15, 0.2) is 0 Å². The van der Waals surface area contributed by atoms with Crippen molar-refractivity contribution >= 4 is 5.91 Å². The first kappa shape index (κ1) is 14.4. The molecule has 0 saturated heterocycles. The van der Waals surface area contributed by atoms with Crippen molar-refractivity contribution in [2.75, 3.05) is 6.54 Å². The summed E-state index contributed by atoms with van der Waals surface area (Å²) in [6, 6.07) is 0.427. The third-order valence-corrected chi connectivity index (χ3v) is 2.12. The number of nitrogens with one attached hydrogen (secondary N) is 2. The van der Waals surface area contributed by atoms with Crippen molar-refractivity contribution in [3.05, 3.63) is 0 Å². The Balaban J connectivity index is 3.62. The van der Waals surface area contributed by atoms with Gasteiger partial charge in [0.2, 0.25) is 5.91 Å². The van der Waals surface area contributed by atoms with Gasteiger partial charge in [-0.05, 0) is 34.1 Å². The van der Waals surface area contributed by atoms with E-state index in [4.69, 9.17) is 0 Å². The standard InChI is InChI=1S/C12H26N2O/c1-6-7-8-10(2)13-9-11(15)14-12(3,4)5/h10,13H,6-9H2,1-5H3,(H,14,15). The Morgan fingerprint density at radius 1 is 1.33 bits per heavy atom. The first-order chi connectivity index (χ1) is 6.85. The molecule has 0 aromatic carbocycles. The number of amides is 1. The highest BCUT2D eigenvalue weighted by Gasteiger charge is 2.13. The average Bonchev–Trinajstić information content (AvgIpc) is 2.08. The van der Waals surface area contributed by atoms with Crippen LogP contribution in [-0.4, -0.2) is 24.0 Å². The molecule has 0 rings (SSSR count). The largest absolute Gasteiger partial charge is 0.350 e. The van der Waals surface area contributed by atoms with Gasteiger partial charge in [0.1, 0.15) is 0 Å². The molecule has 1 atom stereocenters. The summed E-state index contributed by atoms with van der Waals surface area (Å²) in [6.07, 6.45) is 3.56. The van der Waals surface area contributed by atoms with Crippen molar-refractivity contribution in [2.24, 2.45) is 0 Å². The fraction of sp³-hybridized carbons (Fsp3) is 0.917. The molecule has 15 heavy (non-hydrogen) atoms. The molecule has 0 radical (unpaired) electrons. The highest BCUT2D eigenvalue weighted by Crippen LogP contribution is 2.00. The molecule has 3 heteroatoms. The van der Waals surface area contributed by atoms with E-state index in [1.807, 2.05) is 20.8 Å². The van der Waals surface area contributed by atoms with E-state index in [-0.39, 0.29) is 11.4 Å². The molecule has 0 fully saturated rings.